The minimum absolute atomic E-state index is 0.315. The molecule has 0 aliphatic carbocycles. The number of halogens is 1. The number of hydrogen-bond donors (Lipinski definition) is 0. The number of hydrogen-bond acceptors (Lipinski definition) is 3. The van der Waals surface area contributed by atoms with Crippen LogP contribution >= 0.6 is 11.6 Å². The molecule has 0 saturated carbocycles. The standard InChI is InChI=1S/C9H14ClN3O/c1-8-5-12(2-3-14-8)7-13-6-9(10)4-11-13/h4,6,8H,2-3,5,7H2,1H3. The van der Waals surface area contributed by atoms with Crippen molar-refractivity contribution in [3.8, 4) is 0 Å². The first-order chi connectivity index (χ1) is 6.74. The van der Waals surface area contributed by atoms with Crippen molar-refractivity contribution in [2.75, 3.05) is 19.7 Å². The predicted molar refractivity (Wildman–Crippen MR) is 54.2 cm³/mol. The second kappa shape index (κ2) is 4.29. The van der Waals surface area contributed by atoms with Gasteiger partial charge in [-0.05, 0) is 6.92 Å². The van der Waals surface area contributed by atoms with Crippen LogP contribution in [0.2, 0.25) is 5.02 Å². The van der Waals surface area contributed by atoms with Gasteiger partial charge in [-0.2, -0.15) is 5.10 Å². The second-order valence-electron chi connectivity index (χ2n) is 3.60. The molecule has 0 N–H and O–H groups in total. The molecule has 1 saturated heterocycles. The highest BCUT2D eigenvalue weighted by Crippen LogP contribution is 2.08. The molecule has 5 heteroatoms. The van der Waals surface area contributed by atoms with Crippen molar-refractivity contribution in [2.45, 2.75) is 19.7 Å². The van der Waals surface area contributed by atoms with Crippen molar-refractivity contribution in [3.63, 3.8) is 0 Å². The average Bonchev–Trinajstić information content (AvgIpc) is 2.51. The number of nitrogens with zero attached hydrogens (tertiary/aromatic N) is 3. The summed E-state index contributed by atoms with van der Waals surface area (Å²) in [5.74, 6) is 0. The molecule has 4 nitrogen and oxygen atoms in total. The molecule has 2 heterocycles. The SMILES string of the molecule is CC1CN(Cn2cc(Cl)cn2)CCO1. The molecule has 78 valence electrons. The molecule has 0 amide bonds. The summed E-state index contributed by atoms with van der Waals surface area (Å²) in [6, 6.07) is 0. The highest BCUT2D eigenvalue weighted by atomic mass is 35.5. The first-order valence-electron chi connectivity index (χ1n) is 4.76. The van der Waals surface area contributed by atoms with E-state index in [1.54, 1.807) is 6.20 Å². The monoisotopic (exact) mass is 215 g/mol. The van der Waals surface area contributed by atoms with Gasteiger partial charge >= 0.3 is 0 Å². The van der Waals surface area contributed by atoms with E-state index in [-0.39, 0.29) is 0 Å². The normalized spacial score (nSPS) is 24.0. The van der Waals surface area contributed by atoms with Gasteiger partial charge in [-0.25, -0.2) is 0 Å². The highest BCUT2D eigenvalue weighted by molar-refractivity contribution is 6.30. The van der Waals surface area contributed by atoms with Gasteiger partial charge in [0.1, 0.15) is 0 Å². The van der Waals surface area contributed by atoms with Gasteiger partial charge in [-0.1, -0.05) is 11.6 Å². The van der Waals surface area contributed by atoms with Gasteiger partial charge in [0.15, 0.2) is 0 Å². The third-order valence-electron chi connectivity index (χ3n) is 2.27. The summed E-state index contributed by atoms with van der Waals surface area (Å²) in [6.07, 6.45) is 3.81. The summed E-state index contributed by atoms with van der Waals surface area (Å²) in [4.78, 5) is 2.30. The maximum atomic E-state index is 5.78. The summed E-state index contributed by atoms with van der Waals surface area (Å²) in [5.41, 5.74) is 0. The van der Waals surface area contributed by atoms with Crippen LogP contribution in [0.25, 0.3) is 0 Å². The van der Waals surface area contributed by atoms with Crippen LogP contribution in [-0.4, -0.2) is 40.5 Å². The Bertz CT molecular complexity index is 302. The zero-order chi connectivity index (χ0) is 9.97. The van der Waals surface area contributed by atoms with Crippen LogP contribution in [0.5, 0.6) is 0 Å². The fourth-order valence-corrected chi connectivity index (χ4v) is 1.80. The third kappa shape index (κ3) is 2.47. The fraction of sp³-hybridized carbons (Fsp3) is 0.667. The minimum atomic E-state index is 0.315. The molecule has 2 rings (SSSR count). The lowest BCUT2D eigenvalue weighted by molar-refractivity contribution is -0.0304. The molecule has 0 radical (unpaired) electrons. The van der Waals surface area contributed by atoms with Crippen molar-refractivity contribution >= 4 is 11.6 Å². The van der Waals surface area contributed by atoms with Crippen LogP contribution in [0.3, 0.4) is 0 Å². The molecule has 1 aromatic heterocycles. The number of morpholine rings is 1. The van der Waals surface area contributed by atoms with Crippen molar-refractivity contribution in [1.82, 2.24) is 14.7 Å². The Morgan fingerprint density at radius 1 is 1.71 bits per heavy atom. The van der Waals surface area contributed by atoms with Crippen LogP contribution in [0.15, 0.2) is 12.4 Å². The fourth-order valence-electron chi connectivity index (χ4n) is 1.64. The van der Waals surface area contributed by atoms with Crippen molar-refractivity contribution in [2.24, 2.45) is 0 Å². The minimum Gasteiger partial charge on any atom is -0.376 e. The van der Waals surface area contributed by atoms with Crippen molar-refractivity contribution in [3.05, 3.63) is 17.4 Å². The topological polar surface area (TPSA) is 30.3 Å². The summed E-state index contributed by atoms with van der Waals surface area (Å²) < 4.78 is 7.30. The molecule has 1 aliphatic rings. The number of ether oxygens (including phenoxy) is 1. The molecule has 0 spiro atoms. The van der Waals surface area contributed by atoms with E-state index in [1.165, 1.54) is 0 Å². The van der Waals surface area contributed by atoms with Gasteiger partial charge in [-0.15, -0.1) is 0 Å². The largest absolute Gasteiger partial charge is 0.376 e. The lowest BCUT2D eigenvalue weighted by atomic mass is 10.3. The van der Waals surface area contributed by atoms with E-state index in [2.05, 4.69) is 16.9 Å². The molecule has 1 aromatic rings. The van der Waals surface area contributed by atoms with Crippen LogP contribution in [0.1, 0.15) is 6.92 Å². The molecule has 14 heavy (non-hydrogen) atoms. The van der Waals surface area contributed by atoms with Crippen LogP contribution in [0, 0.1) is 0 Å². The van der Waals surface area contributed by atoms with Gasteiger partial charge in [0.05, 0.1) is 30.6 Å². The zero-order valence-corrected chi connectivity index (χ0v) is 8.94. The van der Waals surface area contributed by atoms with E-state index < -0.39 is 0 Å². The Kier molecular flexibility index (Phi) is 3.05. The summed E-state index contributed by atoms with van der Waals surface area (Å²) in [6.45, 7) is 5.60. The summed E-state index contributed by atoms with van der Waals surface area (Å²) >= 11 is 5.78. The number of aromatic nitrogens is 2. The third-order valence-corrected chi connectivity index (χ3v) is 2.47. The smallest absolute Gasteiger partial charge is 0.0931 e. The summed E-state index contributed by atoms with van der Waals surface area (Å²) in [7, 11) is 0. The summed E-state index contributed by atoms with van der Waals surface area (Å²) in [5, 5.41) is 4.82. The van der Waals surface area contributed by atoms with Gasteiger partial charge in [-0.3, -0.25) is 9.58 Å². The first kappa shape index (κ1) is 9.96. The Labute approximate surface area is 88.4 Å². The molecular weight excluding hydrogens is 202 g/mol. The van der Waals surface area contributed by atoms with E-state index in [4.69, 9.17) is 16.3 Å². The second-order valence-corrected chi connectivity index (χ2v) is 4.03. The molecule has 1 aliphatic heterocycles. The molecule has 1 unspecified atom stereocenters. The van der Waals surface area contributed by atoms with Crippen molar-refractivity contribution in [1.29, 1.82) is 0 Å². The first-order valence-corrected chi connectivity index (χ1v) is 5.14. The number of rotatable bonds is 2. The maximum absolute atomic E-state index is 5.78. The molecule has 0 aromatic carbocycles. The van der Waals surface area contributed by atoms with Gasteiger partial charge < -0.3 is 4.74 Å². The van der Waals surface area contributed by atoms with E-state index in [9.17, 15) is 0 Å². The Hall–Kier alpha value is -0.580. The van der Waals surface area contributed by atoms with Gasteiger partial charge in [0.25, 0.3) is 0 Å². The molecule has 1 fully saturated rings. The average molecular weight is 216 g/mol. The predicted octanol–water partition coefficient (Wildman–Crippen LogP) is 1.21. The van der Waals surface area contributed by atoms with Crippen LogP contribution < -0.4 is 0 Å². The Morgan fingerprint density at radius 2 is 2.57 bits per heavy atom. The van der Waals surface area contributed by atoms with E-state index >= 15 is 0 Å². The van der Waals surface area contributed by atoms with Crippen molar-refractivity contribution < 1.29 is 4.74 Å². The van der Waals surface area contributed by atoms with E-state index in [1.807, 2.05) is 10.9 Å². The maximum Gasteiger partial charge on any atom is 0.0931 e. The van der Waals surface area contributed by atoms with Gasteiger partial charge in [0, 0.05) is 19.3 Å². The lowest BCUT2D eigenvalue weighted by Gasteiger charge is -2.30. The quantitative estimate of drug-likeness (QED) is 0.743. The Morgan fingerprint density at radius 3 is 3.21 bits per heavy atom. The van der Waals surface area contributed by atoms with E-state index in [0.717, 1.165) is 26.4 Å². The Balaban J connectivity index is 1.90. The van der Waals surface area contributed by atoms with E-state index in [0.29, 0.717) is 11.1 Å². The molecule has 1 atom stereocenters. The molecule has 0 bridgehead atoms. The zero-order valence-electron chi connectivity index (χ0n) is 8.19. The van der Waals surface area contributed by atoms with Gasteiger partial charge in [0.2, 0.25) is 0 Å². The highest BCUT2D eigenvalue weighted by Gasteiger charge is 2.16. The van der Waals surface area contributed by atoms with Crippen LogP contribution in [-0.2, 0) is 11.4 Å². The van der Waals surface area contributed by atoms with Crippen LogP contribution in [0.4, 0.5) is 0 Å². The lowest BCUT2D eigenvalue weighted by Crippen LogP contribution is -2.41. The molecular formula is C9H14ClN3O.